The van der Waals surface area contributed by atoms with Crippen molar-refractivity contribution in [2.24, 2.45) is 7.05 Å². The lowest BCUT2D eigenvalue weighted by Crippen LogP contribution is -2.47. The Morgan fingerprint density at radius 3 is 2.71 bits per heavy atom. The summed E-state index contributed by atoms with van der Waals surface area (Å²) in [6, 6.07) is 3.10. The molecular weight excluding hydrogens is 269 g/mol. The molecule has 0 amide bonds. The van der Waals surface area contributed by atoms with Gasteiger partial charge in [-0.2, -0.15) is 0 Å². The van der Waals surface area contributed by atoms with Crippen LogP contribution < -0.4 is 4.90 Å². The summed E-state index contributed by atoms with van der Waals surface area (Å²) in [6.07, 6.45) is 6.39. The molecule has 1 aliphatic rings. The Hall–Kier alpha value is -1.95. The molecule has 1 fully saturated rings. The van der Waals surface area contributed by atoms with Gasteiger partial charge in [0.15, 0.2) is 11.6 Å². The van der Waals surface area contributed by atoms with Crippen LogP contribution in [0.2, 0.25) is 0 Å². The number of halogens is 1. The van der Waals surface area contributed by atoms with E-state index in [1.807, 2.05) is 24.5 Å². The molecule has 1 saturated heterocycles. The largest absolute Gasteiger partial charge is 0.352 e. The van der Waals surface area contributed by atoms with Crippen molar-refractivity contribution in [2.45, 2.75) is 6.42 Å². The van der Waals surface area contributed by atoms with Crippen molar-refractivity contribution >= 4 is 5.82 Å². The van der Waals surface area contributed by atoms with E-state index >= 15 is 0 Å². The maximum Gasteiger partial charge on any atom is 0.165 e. The zero-order valence-corrected chi connectivity index (χ0v) is 12.2. The van der Waals surface area contributed by atoms with Crippen LogP contribution in [0.25, 0.3) is 0 Å². The molecule has 0 spiro atoms. The van der Waals surface area contributed by atoms with E-state index in [1.165, 1.54) is 11.8 Å². The molecule has 6 heteroatoms. The van der Waals surface area contributed by atoms with Gasteiger partial charge < -0.3 is 9.47 Å². The number of piperazine rings is 1. The minimum atomic E-state index is -0.235. The smallest absolute Gasteiger partial charge is 0.165 e. The Kier molecular flexibility index (Phi) is 4.15. The fourth-order valence-corrected chi connectivity index (χ4v) is 2.69. The fourth-order valence-electron chi connectivity index (χ4n) is 2.69. The number of anilines is 1. The molecule has 21 heavy (non-hydrogen) atoms. The van der Waals surface area contributed by atoms with Gasteiger partial charge in [0.1, 0.15) is 0 Å². The monoisotopic (exact) mass is 289 g/mol. The first-order chi connectivity index (χ1) is 10.2. The summed E-state index contributed by atoms with van der Waals surface area (Å²) in [6.45, 7) is 4.53. The van der Waals surface area contributed by atoms with Gasteiger partial charge in [-0.3, -0.25) is 4.90 Å². The van der Waals surface area contributed by atoms with Gasteiger partial charge in [0.2, 0.25) is 0 Å². The second-order valence-corrected chi connectivity index (χ2v) is 5.38. The molecule has 112 valence electrons. The van der Waals surface area contributed by atoms with Gasteiger partial charge in [0.05, 0.1) is 6.33 Å². The maximum atomic E-state index is 13.7. The summed E-state index contributed by atoms with van der Waals surface area (Å²) in [5.74, 6) is 0.240. The molecule has 2 aromatic heterocycles. The molecule has 0 aliphatic carbocycles. The lowest BCUT2D eigenvalue weighted by Gasteiger charge is -2.35. The van der Waals surface area contributed by atoms with Gasteiger partial charge in [0.25, 0.3) is 0 Å². The first-order valence-electron chi connectivity index (χ1n) is 7.27. The zero-order valence-electron chi connectivity index (χ0n) is 12.2. The zero-order chi connectivity index (χ0) is 14.7. The summed E-state index contributed by atoms with van der Waals surface area (Å²) in [5, 5.41) is 0. The maximum absolute atomic E-state index is 13.7. The normalized spacial score (nSPS) is 16.4. The lowest BCUT2D eigenvalue weighted by atomic mass is 10.2. The van der Waals surface area contributed by atoms with Crippen molar-refractivity contribution in [2.75, 3.05) is 37.6 Å². The minimum Gasteiger partial charge on any atom is -0.352 e. The lowest BCUT2D eigenvalue weighted by molar-refractivity contribution is 0.258. The third-order valence-corrected chi connectivity index (χ3v) is 4.01. The number of rotatable bonds is 4. The van der Waals surface area contributed by atoms with Crippen LogP contribution in [0.5, 0.6) is 0 Å². The highest BCUT2D eigenvalue weighted by Gasteiger charge is 2.20. The number of hydrogen-bond acceptors (Lipinski definition) is 4. The molecule has 0 saturated carbocycles. The second-order valence-electron chi connectivity index (χ2n) is 5.38. The van der Waals surface area contributed by atoms with Crippen LogP contribution in [0, 0.1) is 5.82 Å². The highest BCUT2D eigenvalue weighted by molar-refractivity contribution is 5.40. The Bertz CT molecular complexity index is 589. The van der Waals surface area contributed by atoms with Gasteiger partial charge in [-0.05, 0) is 12.1 Å². The fraction of sp³-hybridized carbons (Fsp3) is 0.467. The molecule has 2 aromatic rings. The van der Waals surface area contributed by atoms with Crippen molar-refractivity contribution in [3.8, 4) is 0 Å². The van der Waals surface area contributed by atoms with Crippen LogP contribution >= 0.6 is 0 Å². The average molecular weight is 289 g/mol. The highest BCUT2D eigenvalue weighted by Crippen LogP contribution is 2.17. The van der Waals surface area contributed by atoms with E-state index in [4.69, 9.17) is 0 Å². The molecule has 0 atom stereocenters. The summed E-state index contributed by atoms with van der Waals surface area (Å²) in [5.41, 5.74) is 1.24. The Morgan fingerprint density at radius 1 is 1.24 bits per heavy atom. The Labute approximate surface area is 124 Å². The number of aryl methyl sites for hydroxylation is 1. The van der Waals surface area contributed by atoms with Crippen LogP contribution in [0.15, 0.2) is 30.9 Å². The predicted octanol–water partition coefficient (Wildman–Crippen LogP) is 1.32. The third kappa shape index (κ3) is 3.21. The second kappa shape index (κ2) is 6.22. The number of nitrogens with zero attached hydrogens (tertiary/aromatic N) is 5. The van der Waals surface area contributed by atoms with Crippen molar-refractivity contribution in [3.63, 3.8) is 0 Å². The number of pyridine rings is 1. The number of imidazole rings is 1. The average Bonchev–Trinajstić information content (AvgIpc) is 2.92. The van der Waals surface area contributed by atoms with Crippen molar-refractivity contribution in [3.05, 3.63) is 42.4 Å². The Balaban J connectivity index is 1.51. The summed E-state index contributed by atoms with van der Waals surface area (Å²) in [4.78, 5) is 12.7. The minimum absolute atomic E-state index is 0.235. The number of aromatic nitrogens is 3. The van der Waals surface area contributed by atoms with Crippen LogP contribution in [0.3, 0.4) is 0 Å². The van der Waals surface area contributed by atoms with E-state index in [2.05, 4.69) is 19.4 Å². The predicted molar refractivity (Wildman–Crippen MR) is 79.8 cm³/mol. The van der Waals surface area contributed by atoms with Crippen molar-refractivity contribution < 1.29 is 4.39 Å². The molecule has 0 aromatic carbocycles. The van der Waals surface area contributed by atoms with E-state index in [0.717, 1.165) is 39.1 Å². The molecule has 3 heterocycles. The topological polar surface area (TPSA) is 37.2 Å². The molecule has 1 aliphatic heterocycles. The van der Waals surface area contributed by atoms with Crippen LogP contribution in [-0.4, -0.2) is 52.2 Å². The van der Waals surface area contributed by atoms with Gasteiger partial charge in [-0.15, -0.1) is 0 Å². The van der Waals surface area contributed by atoms with E-state index in [1.54, 1.807) is 12.3 Å². The highest BCUT2D eigenvalue weighted by atomic mass is 19.1. The SMILES string of the molecule is Cn1cncc1CCN1CCN(c2ncccc2F)CC1. The van der Waals surface area contributed by atoms with Crippen LogP contribution in [-0.2, 0) is 13.5 Å². The van der Waals surface area contributed by atoms with Crippen LogP contribution in [0.1, 0.15) is 5.69 Å². The van der Waals surface area contributed by atoms with Crippen molar-refractivity contribution in [1.29, 1.82) is 0 Å². The molecule has 0 N–H and O–H groups in total. The molecule has 0 radical (unpaired) electrons. The molecule has 0 unspecified atom stereocenters. The van der Waals surface area contributed by atoms with E-state index in [9.17, 15) is 4.39 Å². The summed E-state index contributed by atoms with van der Waals surface area (Å²) >= 11 is 0. The summed E-state index contributed by atoms with van der Waals surface area (Å²) in [7, 11) is 2.02. The first-order valence-corrected chi connectivity index (χ1v) is 7.27. The molecule has 3 rings (SSSR count). The van der Waals surface area contributed by atoms with E-state index < -0.39 is 0 Å². The molecule has 0 bridgehead atoms. The van der Waals surface area contributed by atoms with Crippen LogP contribution in [0.4, 0.5) is 10.2 Å². The van der Waals surface area contributed by atoms with Gasteiger partial charge in [-0.25, -0.2) is 14.4 Å². The van der Waals surface area contributed by atoms with Crippen molar-refractivity contribution in [1.82, 2.24) is 19.4 Å². The van der Waals surface area contributed by atoms with E-state index in [-0.39, 0.29) is 5.82 Å². The summed E-state index contributed by atoms with van der Waals surface area (Å²) < 4.78 is 15.8. The molecular formula is C15H20FN5. The number of hydrogen-bond donors (Lipinski definition) is 0. The molecule has 5 nitrogen and oxygen atoms in total. The quantitative estimate of drug-likeness (QED) is 0.851. The standard InChI is InChI=1S/C15H20FN5/c1-19-12-17-11-13(19)4-6-20-7-9-21(10-8-20)15-14(16)3-2-5-18-15/h2-3,5,11-12H,4,6-10H2,1H3. The Morgan fingerprint density at radius 2 is 2.05 bits per heavy atom. The van der Waals surface area contributed by atoms with Gasteiger partial charge in [-0.1, -0.05) is 0 Å². The van der Waals surface area contributed by atoms with E-state index in [0.29, 0.717) is 5.82 Å². The van der Waals surface area contributed by atoms with Gasteiger partial charge in [0, 0.05) is 64.3 Å². The van der Waals surface area contributed by atoms with Gasteiger partial charge >= 0.3 is 0 Å². The first kappa shape index (κ1) is 14.0. The third-order valence-electron chi connectivity index (χ3n) is 4.01.